The predicted molar refractivity (Wildman–Crippen MR) is 117 cm³/mol. The molecule has 170 valence electrons. The molecule has 1 aliphatic rings. The molecule has 0 aliphatic carbocycles. The third kappa shape index (κ3) is 4.95. The molecule has 1 N–H and O–H groups in total. The zero-order valence-electron chi connectivity index (χ0n) is 17.7. The smallest absolute Gasteiger partial charge is 0.150 e. The molecular weight excluding hydrogens is 442 g/mol. The average Bonchev–Trinajstić information content (AvgIpc) is 3.15. The van der Waals surface area contributed by atoms with Gasteiger partial charge in [0.05, 0.1) is 35.5 Å². The van der Waals surface area contributed by atoms with E-state index in [9.17, 15) is 13.0 Å². The van der Waals surface area contributed by atoms with Crippen LogP contribution in [-0.4, -0.2) is 59.2 Å². The molecule has 2 atom stereocenters. The molecule has 32 heavy (non-hydrogen) atoms. The maximum atomic E-state index is 15.0. The summed E-state index contributed by atoms with van der Waals surface area (Å²) in [4.78, 5) is 8.25. The van der Waals surface area contributed by atoms with E-state index in [2.05, 4.69) is 19.6 Å². The Morgan fingerprint density at radius 3 is 2.69 bits per heavy atom. The number of benzene rings is 2. The van der Waals surface area contributed by atoms with Gasteiger partial charge in [-0.1, -0.05) is 0 Å². The highest BCUT2D eigenvalue weighted by Crippen LogP contribution is 2.34. The Bertz CT molecular complexity index is 1270. The summed E-state index contributed by atoms with van der Waals surface area (Å²) < 4.78 is 61.6. The van der Waals surface area contributed by atoms with Crippen LogP contribution in [0.15, 0.2) is 41.0 Å². The summed E-state index contributed by atoms with van der Waals surface area (Å²) in [6, 6.07) is 6.65. The summed E-state index contributed by atoms with van der Waals surface area (Å²) >= 11 is 0. The summed E-state index contributed by atoms with van der Waals surface area (Å²) in [6.07, 6.45) is 3.46. The third-order valence-electron chi connectivity index (χ3n) is 4.76. The highest BCUT2D eigenvalue weighted by atomic mass is 32.2. The molecular formula is C21H22F2N4O4S. The van der Waals surface area contributed by atoms with Crippen molar-refractivity contribution in [2.45, 2.75) is 12.2 Å². The van der Waals surface area contributed by atoms with Crippen LogP contribution in [0.25, 0.3) is 10.9 Å². The minimum absolute atomic E-state index is 0.111. The molecule has 1 saturated heterocycles. The van der Waals surface area contributed by atoms with E-state index in [4.69, 9.17) is 14.2 Å². The lowest BCUT2D eigenvalue weighted by molar-refractivity contribution is 0.0328. The number of ether oxygens (including phenoxy) is 3. The van der Waals surface area contributed by atoms with Crippen LogP contribution in [0.4, 0.5) is 26.0 Å². The minimum atomic E-state index is -2.47. The highest BCUT2D eigenvalue weighted by Gasteiger charge is 2.31. The van der Waals surface area contributed by atoms with Crippen molar-refractivity contribution in [2.75, 3.05) is 38.2 Å². The Kier molecular flexibility index (Phi) is 6.22. The number of anilines is 2. The lowest BCUT2D eigenvalue weighted by atomic mass is 10.2. The molecule has 0 spiro atoms. The second-order valence-corrected chi connectivity index (χ2v) is 10.1. The summed E-state index contributed by atoms with van der Waals surface area (Å²) in [5.74, 6) is -0.763. The van der Waals surface area contributed by atoms with Gasteiger partial charge in [-0.2, -0.15) is 4.36 Å². The van der Waals surface area contributed by atoms with Crippen molar-refractivity contribution in [3.63, 3.8) is 0 Å². The Balaban J connectivity index is 1.72. The van der Waals surface area contributed by atoms with E-state index in [1.54, 1.807) is 7.11 Å². The van der Waals surface area contributed by atoms with Crippen molar-refractivity contribution in [2.24, 2.45) is 4.36 Å². The van der Waals surface area contributed by atoms with Gasteiger partial charge in [0.2, 0.25) is 0 Å². The summed E-state index contributed by atoms with van der Waals surface area (Å²) in [7, 11) is -0.925. The number of hydrogen-bond acceptors (Lipinski definition) is 8. The zero-order valence-corrected chi connectivity index (χ0v) is 18.5. The van der Waals surface area contributed by atoms with Gasteiger partial charge in [0.25, 0.3) is 0 Å². The molecule has 0 radical (unpaired) electrons. The van der Waals surface area contributed by atoms with Crippen LogP contribution < -0.4 is 10.1 Å². The molecule has 3 aromatic rings. The van der Waals surface area contributed by atoms with Crippen LogP contribution in [0.5, 0.6) is 5.75 Å². The maximum absolute atomic E-state index is 15.0. The minimum Gasteiger partial charge on any atom is -0.483 e. The first-order valence-electron chi connectivity index (χ1n) is 9.68. The first-order chi connectivity index (χ1) is 15.2. The molecule has 11 heteroatoms. The first kappa shape index (κ1) is 22.3. The summed E-state index contributed by atoms with van der Waals surface area (Å²) in [5, 5.41) is 3.12. The number of halogens is 2. The number of hydrogen-bond donors (Lipinski definition) is 1. The van der Waals surface area contributed by atoms with Crippen LogP contribution in [-0.2, 0) is 19.2 Å². The first-order valence-corrected chi connectivity index (χ1v) is 12.0. The molecule has 0 unspecified atom stereocenters. The zero-order chi connectivity index (χ0) is 22.9. The van der Waals surface area contributed by atoms with E-state index >= 15 is 0 Å². The Morgan fingerprint density at radius 2 is 1.94 bits per heavy atom. The van der Waals surface area contributed by atoms with Crippen molar-refractivity contribution < 1.29 is 27.2 Å². The molecule has 8 nitrogen and oxygen atoms in total. The van der Waals surface area contributed by atoms with Crippen molar-refractivity contribution >= 4 is 37.8 Å². The molecule has 0 bridgehead atoms. The number of methoxy groups -OCH3 is 1. The van der Waals surface area contributed by atoms with E-state index in [0.29, 0.717) is 18.9 Å². The fraction of sp³-hybridized carbons (Fsp3) is 0.333. The van der Waals surface area contributed by atoms with Crippen LogP contribution in [0.1, 0.15) is 0 Å². The number of nitrogens with one attached hydrogen (secondary N) is 1. The quantitative estimate of drug-likeness (QED) is 0.593. The van der Waals surface area contributed by atoms with Gasteiger partial charge in [-0.05, 0) is 18.2 Å². The van der Waals surface area contributed by atoms with Crippen molar-refractivity contribution in [3.05, 3.63) is 48.3 Å². The Labute approximate surface area is 184 Å². The molecule has 2 aromatic carbocycles. The molecule has 2 heterocycles. The van der Waals surface area contributed by atoms with Crippen molar-refractivity contribution in [3.8, 4) is 5.75 Å². The monoisotopic (exact) mass is 464 g/mol. The van der Waals surface area contributed by atoms with E-state index < -0.39 is 27.5 Å². The van der Waals surface area contributed by atoms with Crippen LogP contribution in [0.3, 0.4) is 0 Å². The number of nitrogens with zero attached hydrogens (tertiary/aromatic N) is 3. The number of aromatic nitrogens is 2. The average molecular weight is 464 g/mol. The van der Waals surface area contributed by atoms with Gasteiger partial charge in [0, 0.05) is 41.5 Å². The highest BCUT2D eigenvalue weighted by molar-refractivity contribution is 7.92. The van der Waals surface area contributed by atoms with E-state index in [0.717, 1.165) is 0 Å². The Morgan fingerprint density at radius 1 is 1.16 bits per heavy atom. The van der Waals surface area contributed by atoms with E-state index in [-0.39, 0.29) is 34.3 Å². The van der Waals surface area contributed by atoms with Gasteiger partial charge < -0.3 is 19.5 Å². The molecule has 0 amide bonds. The van der Waals surface area contributed by atoms with E-state index in [1.807, 2.05) is 0 Å². The van der Waals surface area contributed by atoms with Gasteiger partial charge >= 0.3 is 0 Å². The van der Waals surface area contributed by atoms with Crippen LogP contribution in [0, 0.1) is 11.6 Å². The van der Waals surface area contributed by atoms with Crippen molar-refractivity contribution in [1.29, 1.82) is 0 Å². The fourth-order valence-corrected chi connectivity index (χ4v) is 3.97. The molecule has 1 aliphatic heterocycles. The largest absolute Gasteiger partial charge is 0.483 e. The number of rotatable bonds is 6. The molecule has 1 fully saturated rings. The number of fused-ring (bicyclic) bond motifs is 1. The van der Waals surface area contributed by atoms with Crippen LogP contribution >= 0.6 is 0 Å². The molecule has 4 rings (SSSR count). The predicted octanol–water partition coefficient (Wildman–Crippen LogP) is 3.80. The second-order valence-electron chi connectivity index (χ2n) is 7.55. The summed E-state index contributed by atoms with van der Waals surface area (Å²) in [6.45, 7) is 0.667. The van der Waals surface area contributed by atoms with Gasteiger partial charge in [-0.25, -0.2) is 23.0 Å². The standard InChI is InChI=1S/C21H22F2N4O4S/c1-29-18-9-30-10-19(18)31-17-6-12(22)4-5-15(17)26-21-20-14(23)7-13(27-32(2,3)28)8-16(20)24-11-25-21/h4-8,11,18-19H,9-10H2,1-3H3,(H,24,25,26)/t18-,19+/m1/s1. The fourth-order valence-electron chi connectivity index (χ4n) is 3.36. The topological polar surface area (TPSA) is 94.9 Å². The normalized spacial score (nSPS) is 18.7. The van der Waals surface area contributed by atoms with Gasteiger partial charge in [0.15, 0.2) is 6.10 Å². The SMILES string of the molecule is CO[C@@H]1COC[C@@H]1Oc1cc(F)ccc1Nc1ncnc2cc(N=S(C)(C)=O)cc(F)c12. The van der Waals surface area contributed by atoms with Crippen LogP contribution in [0.2, 0.25) is 0 Å². The van der Waals surface area contributed by atoms with Gasteiger partial charge in [-0.15, -0.1) is 0 Å². The second kappa shape index (κ2) is 8.93. The van der Waals surface area contributed by atoms with Crippen molar-refractivity contribution in [1.82, 2.24) is 9.97 Å². The third-order valence-corrected chi connectivity index (χ3v) is 5.41. The lowest BCUT2D eigenvalue weighted by Crippen LogP contribution is -2.31. The van der Waals surface area contributed by atoms with Gasteiger partial charge in [0.1, 0.15) is 35.6 Å². The molecule has 0 saturated carbocycles. The summed E-state index contributed by atoms with van der Waals surface area (Å²) in [5.41, 5.74) is 0.872. The lowest BCUT2D eigenvalue weighted by Gasteiger charge is -2.20. The van der Waals surface area contributed by atoms with E-state index in [1.165, 1.54) is 49.2 Å². The molecule has 1 aromatic heterocycles. The Hall–Kier alpha value is -2.89. The van der Waals surface area contributed by atoms with Gasteiger partial charge in [-0.3, -0.25) is 0 Å². The maximum Gasteiger partial charge on any atom is 0.150 e.